The van der Waals surface area contributed by atoms with Crippen molar-refractivity contribution in [3.63, 3.8) is 0 Å². The number of aliphatic hydroxyl groups excluding tert-OH is 2. The lowest BCUT2D eigenvalue weighted by atomic mass is 10.4. The molecule has 0 saturated carbocycles. The molecule has 0 aliphatic rings. The van der Waals surface area contributed by atoms with E-state index in [9.17, 15) is 4.79 Å². The van der Waals surface area contributed by atoms with Crippen LogP contribution in [0.4, 0.5) is 0 Å². The summed E-state index contributed by atoms with van der Waals surface area (Å²) in [7, 11) is 0. The van der Waals surface area contributed by atoms with Crippen LogP contribution < -0.4 is 0 Å². The number of carbonyl (C=O) groups excluding carboxylic acids is 1. The zero-order chi connectivity index (χ0) is 10.8. The average Bonchev–Trinajstić information content (AvgIpc) is 2.18. The molecule has 80 valence electrons. The third-order valence-corrected chi connectivity index (χ3v) is 1.59. The molecule has 0 aliphatic heterocycles. The molecule has 0 spiro atoms. The summed E-state index contributed by atoms with van der Waals surface area (Å²) in [6.07, 6.45) is 6.59. The molecule has 0 radical (unpaired) electrons. The first-order valence-electron chi connectivity index (χ1n) is 4.56. The van der Waals surface area contributed by atoms with Gasteiger partial charge in [0.2, 0.25) is 5.91 Å². The van der Waals surface area contributed by atoms with Gasteiger partial charge in [-0.05, 0) is 6.92 Å². The Morgan fingerprint density at radius 3 is 2.21 bits per heavy atom. The van der Waals surface area contributed by atoms with Crippen molar-refractivity contribution >= 4 is 5.91 Å². The van der Waals surface area contributed by atoms with Gasteiger partial charge in [0, 0.05) is 19.2 Å². The van der Waals surface area contributed by atoms with Crippen molar-refractivity contribution in [2.24, 2.45) is 0 Å². The molecule has 0 aromatic heterocycles. The van der Waals surface area contributed by atoms with E-state index in [0.29, 0.717) is 0 Å². The van der Waals surface area contributed by atoms with E-state index in [1.807, 2.05) is 13.0 Å². The Labute approximate surface area is 84.2 Å². The van der Waals surface area contributed by atoms with Gasteiger partial charge < -0.3 is 15.1 Å². The summed E-state index contributed by atoms with van der Waals surface area (Å²) in [5.74, 6) is -0.203. The molecular weight excluding hydrogens is 182 g/mol. The van der Waals surface area contributed by atoms with Gasteiger partial charge in [-0.3, -0.25) is 4.79 Å². The molecule has 0 aromatic rings. The molecule has 0 saturated heterocycles. The van der Waals surface area contributed by atoms with Gasteiger partial charge in [-0.2, -0.15) is 0 Å². The summed E-state index contributed by atoms with van der Waals surface area (Å²) >= 11 is 0. The molecule has 2 N–H and O–H groups in total. The zero-order valence-electron chi connectivity index (χ0n) is 8.39. The van der Waals surface area contributed by atoms with Crippen molar-refractivity contribution in [2.45, 2.75) is 6.92 Å². The van der Waals surface area contributed by atoms with Gasteiger partial charge in [-0.15, -0.1) is 0 Å². The fraction of sp³-hybridized carbons (Fsp3) is 0.500. The molecule has 0 aromatic carbocycles. The first kappa shape index (κ1) is 12.9. The van der Waals surface area contributed by atoms with Crippen LogP contribution in [0.3, 0.4) is 0 Å². The SMILES string of the molecule is CC=CC=CC(=O)N(CCO)CCO. The largest absolute Gasteiger partial charge is 0.395 e. The van der Waals surface area contributed by atoms with E-state index in [-0.39, 0.29) is 32.2 Å². The maximum atomic E-state index is 11.4. The number of hydrogen-bond donors (Lipinski definition) is 2. The number of allylic oxidation sites excluding steroid dienone is 3. The van der Waals surface area contributed by atoms with Crippen molar-refractivity contribution in [1.82, 2.24) is 4.90 Å². The van der Waals surface area contributed by atoms with Gasteiger partial charge >= 0.3 is 0 Å². The van der Waals surface area contributed by atoms with Crippen molar-refractivity contribution in [3.8, 4) is 0 Å². The maximum absolute atomic E-state index is 11.4. The summed E-state index contributed by atoms with van der Waals surface area (Å²) in [5, 5.41) is 17.3. The number of rotatable bonds is 6. The molecule has 1 amide bonds. The summed E-state index contributed by atoms with van der Waals surface area (Å²) < 4.78 is 0. The van der Waals surface area contributed by atoms with E-state index in [0.717, 1.165) is 0 Å². The molecule has 0 bridgehead atoms. The molecule has 4 heteroatoms. The van der Waals surface area contributed by atoms with Crippen molar-refractivity contribution in [1.29, 1.82) is 0 Å². The Morgan fingerprint density at radius 1 is 1.21 bits per heavy atom. The third-order valence-electron chi connectivity index (χ3n) is 1.59. The monoisotopic (exact) mass is 199 g/mol. The number of carbonyl (C=O) groups is 1. The topological polar surface area (TPSA) is 60.8 Å². The fourth-order valence-electron chi connectivity index (χ4n) is 0.928. The first-order chi connectivity index (χ1) is 6.76. The smallest absolute Gasteiger partial charge is 0.246 e. The van der Waals surface area contributed by atoms with E-state index < -0.39 is 0 Å². The lowest BCUT2D eigenvalue weighted by molar-refractivity contribution is -0.127. The molecule has 0 aliphatic carbocycles. The van der Waals surface area contributed by atoms with Gasteiger partial charge in [0.25, 0.3) is 0 Å². The molecule has 0 fully saturated rings. The number of aliphatic hydroxyl groups is 2. The van der Waals surface area contributed by atoms with Crippen LogP contribution in [0.1, 0.15) is 6.92 Å². The highest BCUT2D eigenvalue weighted by Crippen LogP contribution is 1.91. The molecule has 0 heterocycles. The molecule has 0 atom stereocenters. The van der Waals surface area contributed by atoms with E-state index in [1.54, 1.807) is 12.2 Å². The second-order valence-corrected chi connectivity index (χ2v) is 2.66. The normalized spacial score (nSPS) is 11.4. The third kappa shape index (κ3) is 5.50. The van der Waals surface area contributed by atoms with Crippen LogP contribution in [0.2, 0.25) is 0 Å². The Morgan fingerprint density at radius 2 is 1.79 bits per heavy atom. The second-order valence-electron chi connectivity index (χ2n) is 2.66. The summed E-state index contributed by atoms with van der Waals surface area (Å²) in [6.45, 7) is 2.17. The maximum Gasteiger partial charge on any atom is 0.246 e. The lowest BCUT2D eigenvalue weighted by Gasteiger charge is -2.18. The van der Waals surface area contributed by atoms with Crippen LogP contribution >= 0.6 is 0 Å². The highest BCUT2D eigenvalue weighted by atomic mass is 16.3. The standard InChI is InChI=1S/C10H17NO3/c1-2-3-4-5-10(14)11(6-8-12)7-9-13/h2-5,12-13H,6-9H2,1H3. The molecule has 4 nitrogen and oxygen atoms in total. The molecule has 0 unspecified atom stereocenters. The Balaban J connectivity index is 4.13. The van der Waals surface area contributed by atoms with Crippen LogP contribution in [0.25, 0.3) is 0 Å². The van der Waals surface area contributed by atoms with Crippen LogP contribution in [-0.4, -0.2) is 47.3 Å². The van der Waals surface area contributed by atoms with Gasteiger partial charge in [-0.25, -0.2) is 0 Å². The van der Waals surface area contributed by atoms with Gasteiger partial charge in [-0.1, -0.05) is 18.2 Å². The summed E-state index contributed by atoms with van der Waals surface area (Å²) in [5.41, 5.74) is 0. The van der Waals surface area contributed by atoms with Gasteiger partial charge in [0.05, 0.1) is 13.2 Å². The molecule has 0 rings (SSSR count). The minimum atomic E-state index is -0.203. The summed E-state index contributed by atoms with van der Waals surface area (Å²) in [6, 6.07) is 0. The number of amides is 1. The zero-order valence-corrected chi connectivity index (χ0v) is 8.39. The highest BCUT2D eigenvalue weighted by Gasteiger charge is 2.07. The minimum absolute atomic E-state index is 0.0941. The fourth-order valence-corrected chi connectivity index (χ4v) is 0.928. The first-order valence-corrected chi connectivity index (χ1v) is 4.56. The van der Waals surface area contributed by atoms with Crippen LogP contribution in [0, 0.1) is 0 Å². The van der Waals surface area contributed by atoms with Gasteiger partial charge in [0.15, 0.2) is 0 Å². The average molecular weight is 199 g/mol. The highest BCUT2D eigenvalue weighted by molar-refractivity contribution is 5.87. The Hall–Kier alpha value is -1.13. The van der Waals surface area contributed by atoms with Crippen LogP contribution in [0.15, 0.2) is 24.3 Å². The second kappa shape index (κ2) is 8.47. The van der Waals surface area contributed by atoms with Gasteiger partial charge in [0.1, 0.15) is 0 Å². The van der Waals surface area contributed by atoms with Crippen molar-refractivity contribution in [3.05, 3.63) is 24.3 Å². The van der Waals surface area contributed by atoms with E-state index in [2.05, 4.69) is 0 Å². The Kier molecular flexibility index (Phi) is 7.78. The summed E-state index contributed by atoms with van der Waals surface area (Å²) in [4.78, 5) is 12.8. The predicted molar refractivity (Wildman–Crippen MR) is 54.7 cm³/mol. The van der Waals surface area contributed by atoms with Crippen LogP contribution in [-0.2, 0) is 4.79 Å². The van der Waals surface area contributed by atoms with E-state index in [4.69, 9.17) is 10.2 Å². The lowest BCUT2D eigenvalue weighted by Crippen LogP contribution is -2.34. The van der Waals surface area contributed by atoms with E-state index >= 15 is 0 Å². The van der Waals surface area contributed by atoms with Crippen molar-refractivity contribution in [2.75, 3.05) is 26.3 Å². The van der Waals surface area contributed by atoms with E-state index in [1.165, 1.54) is 11.0 Å². The quantitative estimate of drug-likeness (QED) is 0.465. The predicted octanol–water partition coefficient (Wildman–Crippen LogP) is -0.0681. The molecule has 14 heavy (non-hydrogen) atoms. The van der Waals surface area contributed by atoms with Crippen LogP contribution in [0.5, 0.6) is 0 Å². The number of nitrogens with zero attached hydrogens (tertiary/aromatic N) is 1. The minimum Gasteiger partial charge on any atom is -0.395 e. The molecular formula is C10H17NO3. The van der Waals surface area contributed by atoms with Crippen molar-refractivity contribution < 1.29 is 15.0 Å². The Bertz CT molecular complexity index is 205. The number of hydrogen-bond acceptors (Lipinski definition) is 3.